The van der Waals surface area contributed by atoms with Crippen molar-refractivity contribution >= 4 is 50.7 Å². The number of para-hydroxylation sites is 1. The van der Waals surface area contributed by atoms with Crippen molar-refractivity contribution in [2.24, 2.45) is 0 Å². The highest BCUT2D eigenvalue weighted by Crippen LogP contribution is 2.30. The largest absolute Gasteiger partial charge is 0.357 e. The summed E-state index contributed by atoms with van der Waals surface area (Å²) in [5.74, 6) is -0.999. The minimum Gasteiger partial charge on any atom is -0.357 e. The Bertz CT molecular complexity index is 1300. The Morgan fingerprint density at radius 3 is 2.06 bits per heavy atom. The van der Waals surface area contributed by atoms with Crippen LogP contribution in [0.3, 0.4) is 0 Å². The molecule has 1 atom stereocenters. The molecule has 184 valence electrons. The first-order valence-electron chi connectivity index (χ1n) is 10.7. The molecule has 3 aromatic carbocycles. The highest BCUT2D eigenvalue weighted by molar-refractivity contribution is 7.92. The lowest BCUT2D eigenvalue weighted by Gasteiger charge is -2.32. The molecule has 0 saturated carbocycles. The SMILES string of the molecule is CNC(=O)[C@H](C)N(Cc1ccccc1Cl)C(=O)CN(c1ccccc1Cl)S(=O)(=O)c1ccccc1. The topological polar surface area (TPSA) is 86.8 Å². The average Bonchev–Trinajstić information content (AvgIpc) is 2.86. The number of likely N-dealkylation sites (N-methyl/N-ethyl adjacent to an activating group) is 1. The molecule has 0 aromatic heterocycles. The van der Waals surface area contributed by atoms with E-state index >= 15 is 0 Å². The summed E-state index contributed by atoms with van der Waals surface area (Å²) < 4.78 is 28.2. The van der Waals surface area contributed by atoms with Crippen molar-refractivity contribution in [3.8, 4) is 0 Å². The summed E-state index contributed by atoms with van der Waals surface area (Å²) in [6.07, 6.45) is 0. The molecule has 0 radical (unpaired) electrons. The quantitative estimate of drug-likeness (QED) is 0.442. The average molecular weight is 534 g/mol. The number of halogens is 2. The normalized spacial score (nSPS) is 12.0. The van der Waals surface area contributed by atoms with Crippen LogP contribution in [0, 0.1) is 0 Å². The van der Waals surface area contributed by atoms with Crippen molar-refractivity contribution in [1.29, 1.82) is 0 Å². The van der Waals surface area contributed by atoms with Gasteiger partial charge in [0.15, 0.2) is 0 Å². The number of nitrogens with zero attached hydrogens (tertiary/aromatic N) is 2. The Morgan fingerprint density at radius 2 is 1.46 bits per heavy atom. The van der Waals surface area contributed by atoms with Crippen molar-refractivity contribution in [3.05, 3.63) is 94.5 Å². The van der Waals surface area contributed by atoms with Crippen molar-refractivity contribution in [2.45, 2.75) is 24.4 Å². The zero-order valence-corrected chi connectivity index (χ0v) is 21.5. The van der Waals surface area contributed by atoms with Crippen LogP contribution < -0.4 is 9.62 Å². The third-order valence-electron chi connectivity index (χ3n) is 5.44. The van der Waals surface area contributed by atoms with Gasteiger partial charge >= 0.3 is 0 Å². The van der Waals surface area contributed by atoms with Gasteiger partial charge < -0.3 is 10.2 Å². The van der Waals surface area contributed by atoms with E-state index in [1.54, 1.807) is 67.6 Å². The summed E-state index contributed by atoms with van der Waals surface area (Å²) in [7, 11) is -2.70. The Kier molecular flexibility index (Phi) is 8.77. The summed E-state index contributed by atoms with van der Waals surface area (Å²) in [5, 5.41) is 3.12. The maximum atomic E-state index is 13.6. The van der Waals surface area contributed by atoms with Gasteiger partial charge in [-0.2, -0.15) is 0 Å². The van der Waals surface area contributed by atoms with E-state index in [-0.39, 0.29) is 22.2 Å². The molecule has 0 bridgehead atoms. The number of rotatable bonds is 9. The molecule has 7 nitrogen and oxygen atoms in total. The van der Waals surface area contributed by atoms with Gasteiger partial charge in [0.2, 0.25) is 11.8 Å². The van der Waals surface area contributed by atoms with E-state index in [9.17, 15) is 18.0 Å². The monoisotopic (exact) mass is 533 g/mol. The van der Waals surface area contributed by atoms with Crippen LogP contribution in [-0.2, 0) is 26.2 Å². The minimum atomic E-state index is -4.16. The van der Waals surface area contributed by atoms with E-state index in [1.165, 1.54) is 30.1 Å². The van der Waals surface area contributed by atoms with Gasteiger partial charge in [0.1, 0.15) is 12.6 Å². The Hall–Kier alpha value is -3.07. The number of hydrogen-bond donors (Lipinski definition) is 1. The van der Waals surface area contributed by atoms with Crippen LogP contribution in [-0.4, -0.2) is 44.8 Å². The summed E-state index contributed by atoms with van der Waals surface area (Å²) in [6, 6.07) is 20.2. The highest BCUT2D eigenvalue weighted by atomic mass is 35.5. The second-order valence-corrected chi connectivity index (χ2v) is 10.4. The van der Waals surface area contributed by atoms with Crippen LogP contribution in [0.15, 0.2) is 83.8 Å². The van der Waals surface area contributed by atoms with Gasteiger partial charge in [0.05, 0.1) is 15.6 Å². The van der Waals surface area contributed by atoms with Crippen molar-refractivity contribution < 1.29 is 18.0 Å². The first-order valence-corrected chi connectivity index (χ1v) is 12.9. The molecule has 0 spiro atoms. The van der Waals surface area contributed by atoms with E-state index in [2.05, 4.69) is 5.32 Å². The van der Waals surface area contributed by atoms with E-state index in [0.29, 0.717) is 10.6 Å². The minimum absolute atomic E-state index is 0.00437. The smallest absolute Gasteiger partial charge is 0.264 e. The number of anilines is 1. The van der Waals surface area contributed by atoms with Crippen molar-refractivity contribution in [2.75, 3.05) is 17.9 Å². The Labute approximate surface area is 215 Å². The molecule has 0 unspecified atom stereocenters. The molecule has 3 rings (SSSR count). The van der Waals surface area contributed by atoms with Gasteiger partial charge in [0, 0.05) is 18.6 Å². The lowest BCUT2D eigenvalue weighted by Crippen LogP contribution is -2.50. The summed E-state index contributed by atoms with van der Waals surface area (Å²) >= 11 is 12.7. The molecule has 0 aliphatic rings. The molecule has 3 aromatic rings. The number of benzene rings is 3. The molecular formula is C25H25Cl2N3O4S. The van der Waals surface area contributed by atoms with Crippen LogP contribution >= 0.6 is 23.2 Å². The summed E-state index contributed by atoms with van der Waals surface area (Å²) in [6.45, 7) is 1.00. The number of sulfonamides is 1. The standard InChI is InChI=1S/C25H25Cl2N3O4S/c1-18(25(32)28-2)29(16-19-10-6-7-13-21(19)26)24(31)17-30(23-15-9-8-14-22(23)27)35(33,34)20-11-4-3-5-12-20/h3-15,18H,16-17H2,1-2H3,(H,28,32)/t18-/m0/s1. The Balaban J connectivity index is 2.05. The van der Waals surface area contributed by atoms with E-state index in [0.717, 1.165) is 4.31 Å². The van der Waals surface area contributed by atoms with Crippen LogP contribution in [0.4, 0.5) is 5.69 Å². The number of nitrogens with one attached hydrogen (secondary N) is 1. The van der Waals surface area contributed by atoms with Crippen LogP contribution in [0.2, 0.25) is 10.0 Å². The molecule has 35 heavy (non-hydrogen) atoms. The van der Waals surface area contributed by atoms with Crippen LogP contribution in [0.25, 0.3) is 0 Å². The zero-order chi connectivity index (χ0) is 25.6. The van der Waals surface area contributed by atoms with Gasteiger partial charge in [-0.05, 0) is 42.8 Å². The van der Waals surface area contributed by atoms with E-state index in [4.69, 9.17) is 23.2 Å². The summed E-state index contributed by atoms with van der Waals surface area (Å²) in [4.78, 5) is 27.4. The van der Waals surface area contributed by atoms with Gasteiger partial charge in [0.25, 0.3) is 10.0 Å². The molecule has 0 saturated heterocycles. The van der Waals surface area contributed by atoms with Crippen LogP contribution in [0.5, 0.6) is 0 Å². The third-order valence-corrected chi connectivity index (χ3v) is 7.91. The fraction of sp³-hybridized carbons (Fsp3) is 0.200. The molecule has 10 heteroatoms. The predicted molar refractivity (Wildman–Crippen MR) is 138 cm³/mol. The molecule has 1 N–H and O–H groups in total. The lowest BCUT2D eigenvalue weighted by atomic mass is 10.1. The van der Waals surface area contributed by atoms with E-state index in [1.807, 2.05) is 0 Å². The van der Waals surface area contributed by atoms with Gasteiger partial charge in [-0.15, -0.1) is 0 Å². The van der Waals surface area contributed by atoms with Gasteiger partial charge in [-0.3, -0.25) is 13.9 Å². The highest BCUT2D eigenvalue weighted by Gasteiger charge is 2.33. The fourth-order valence-corrected chi connectivity index (χ4v) is 5.43. The number of carbonyl (C=O) groups excluding carboxylic acids is 2. The van der Waals surface area contributed by atoms with Crippen molar-refractivity contribution in [3.63, 3.8) is 0 Å². The lowest BCUT2D eigenvalue weighted by molar-refractivity contribution is -0.139. The molecule has 0 heterocycles. The van der Waals surface area contributed by atoms with Gasteiger partial charge in [-0.1, -0.05) is 71.7 Å². The second-order valence-electron chi connectivity index (χ2n) is 7.68. The maximum absolute atomic E-state index is 13.6. The first kappa shape index (κ1) is 26.5. The van der Waals surface area contributed by atoms with Gasteiger partial charge in [-0.25, -0.2) is 8.42 Å². The zero-order valence-electron chi connectivity index (χ0n) is 19.2. The predicted octanol–water partition coefficient (Wildman–Crippen LogP) is 4.35. The molecule has 0 aliphatic carbocycles. The third kappa shape index (κ3) is 6.14. The summed E-state index contributed by atoms with van der Waals surface area (Å²) in [5.41, 5.74) is 0.769. The van der Waals surface area contributed by atoms with Crippen molar-refractivity contribution in [1.82, 2.24) is 10.2 Å². The molecule has 2 amide bonds. The number of carbonyl (C=O) groups is 2. The first-order chi connectivity index (χ1) is 16.7. The van der Waals surface area contributed by atoms with Crippen LogP contribution in [0.1, 0.15) is 12.5 Å². The molecule has 0 fully saturated rings. The Morgan fingerprint density at radius 1 is 0.886 bits per heavy atom. The number of hydrogen-bond acceptors (Lipinski definition) is 4. The maximum Gasteiger partial charge on any atom is 0.264 e. The fourth-order valence-electron chi connectivity index (χ4n) is 3.49. The number of amides is 2. The second kappa shape index (κ2) is 11.6. The van der Waals surface area contributed by atoms with E-state index < -0.39 is 34.4 Å². The molecular weight excluding hydrogens is 509 g/mol. The molecule has 0 aliphatic heterocycles.